The third kappa shape index (κ3) is 3.20. The van der Waals surface area contributed by atoms with E-state index in [4.69, 9.17) is 0 Å². The van der Waals surface area contributed by atoms with E-state index in [1.54, 1.807) is 35.4 Å². The summed E-state index contributed by atoms with van der Waals surface area (Å²) in [6.45, 7) is 3.85. The number of thiophene rings is 1. The van der Waals surface area contributed by atoms with Crippen molar-refractivity contribution in [2.45, 2.75) is 26.3 Å². The lowest BCUT2D eigenvalue weighted by atomic mass is 10.1. The number of hydrogen-bond acceptors (Lipinski definition) is 3. The van der Waals surface area contributed by atoms with E-state index in [9.17, 15) is 9.90 Å². The minimum atomic E-state index is -0.0654. The van der Waals surface area contributed by atoms with E-state index in [-0.39, 0.29) is 17.7 Å². The Morgan fingerprint density at radius 2 is 2.15 bits per heavy atom. The average Bonchev–Trinajstić information content (AvgIpc) is 2.93. The third-order valence-corrected chi connectivity index (χ3v) is 4.41. The molecule has 20 heavy (non-hydrogen) atoms. The van der Waals surface area contributed by atoms with Gasteiger partial charge < -0.3 is 10.0 Å². The van der Waals surface area contributed by atoms with E-state index in [0.717, 1.165) is 12.0 Å². The van der Waals surface area contributed by atoms with Gasteiger partial charge in [0.25, 0.3) is 5.91 Å². The molecule has 106 valence electrons. The lowest BCUT2D eigenvalue weighted by Gasteiger charge is -2.25. The van der Waals surface area contributed by atoms with E-state index in [1.807, 2.05) is 25.3 Å². The third-order valence-electron chi connectivity index (χ3n) is 3.51. The van der Waals surface area contributed by atoms with Crippen LogP contribution in [0.5, 0.6) is 5.75 Å². The first-order valence-corrected chi connectivity index (χ1v) is 7.46. The summed E-state index contributed by atoms with van der Waals surface area (Å²) < 4.78 is 0. The van der Waals surface area contributed by atoms with Gasteiger partial charge in [-0.05, 0) is 43.0 Å². The zero-order chi connectivity index (χ0) is 14.7. The number of rotatable bonds is 4. The van der Waals surface area contributed by atoms with Crippen molar-refractivity contribution in [3.8, 4) is 5.75 Å². The van der Waals surface area contributed by atoms with Crippen LogP contribution in [0.3, 0.4) is 0 Å². The smallest absolute Gasteiger partial charge is 0.253 e. The Morgan fingerprint density at radius 3 is 2.75 bits per heavy atom. The fourth-order valence-corrected chi connectivity index (χ4v) is 2.83. The molecular formula is C16H19NO2S. The SMILES string of the molecule is Cc1ccc(C(=O)N(C)C(C)Cc2cccs2)cc1O. The van der Waals surface area contributed by atoms with E-state index in [1.165, 1.54) is 10.9 Å². The van der Waals surface area contributed by atoms with Crippen LogP contribution < -0.4 is 0 Å². The highest BCUT2D eigenvalue weighted by Gasteiger charge is 2.18. The molecule has 0 aliphatic carbocycles. The molecule has 0 saturated carbocycles. The number of likely N-dealkylation sites (N-methyl/N-ethyl adjacent to an activating group) is 1. The van der Waals surface area contributed by atoms with Gasteiger partial charge >= 0.3 is 0 Å². The molecule has 0 aliphatic heterocycles. The number of carbonyl (C=O) groups excluding carboxylic acids is 1. The number of phenolic OH excluding ortho intramolecular Hbond substituents is 1. The number of amides is 1. The summed E-state index contributed by atoms with van der Waals surface area (Å²) in [5.74, 6) is 0.0968. The zero-order valence-electron chi connectivity index (χ0n) is 12.0. The largest absolute Gasteiger partial charge is 0.508 e. The van der Waals surface area contributed by atoms with Gasteiger partial charge in [0.2, 0.25) is 0 Å². The Balaban J connectivity index is 2.09. The second kappa shape index (κ2) is 6.09. The summed E-state index contributed by atoms with van der Waals surface area (Å²) in [6, 6.07) is 9.27. The van der Waals surface area contributed by atoms with Gasteiger partial charge in [0.15, 0.2) is 0 Å². The van der Waals surface area contributed by atoms with Gasteiger partial charge in [0, 0.05) is 30.0 Å². The van der Waals surface area contributed by atoms with Crippen molar-refractivity contribution < 1.29 is 9.90 Å². The van der Waals surface area contributed by atoms with Crippen LogP contribution in [0, 0.1) is 6.92 Å². The van der Waals surface area contributed by atoms with Crippen LogP contribution in [0.1, 0.15) is 27.7 Å². The van der Waals surface area contributed by atoms with Gasteiger partial charge in [-0.15, -0.1) is 11.3 Å². The fraction of sp³-hybridized carbons (Fsp3) is 0.312. The summed E-state index contributed by atoms with van der Waals surface area (Å²) in [5.41, 5.74) is 1.30. The number of aromatic hydroxyl groups is 1. The van der Waals surface area contributed by atoms with Gasteiger partial charge in [-0.25, -0.2) is 0 Å². The van der Waals surface area contributed by atoms with E-state index in [2.05, 4.69) is 6.07 Å². The molecule has 4 heteroatoms. The maximum Gasteiger partial charge on any atom is 0.253 e. The molecule has 0 spiro atoms. The van der Waals surface area contributed by atoms with Crippen molar-refractivity contribution in [2.75, 3.05) is 7.05 Å². The van der Waals surface area contributed by atoms with Crippen LogP contribution in [-0.2, 0) is 6.42 Å². The molecule has 1 amide bonds. The number of benzene rings is 1. The van der Waals surface area contributed by atoms with Crippen molar-refractivity contribution in [3.05, 3.63) is 51.7 Å². The monoisotopic (exact) mass is 289 g/mol. The normalized spacial score (nSPS) is 12.2. The predicted molar refractivity (Wildman–Crippen MR) is 82.4 cm³/mol. The predicted octanol–water partition coefficient (Wildman–Crippen LogP) is 3.47. The topological polar surface area (TPSA) is 40.5 Å². The summed E-state index contributed by atoms with van der Waals surface area (Å²) in [4.78, 5) is 15.4. The lowest BCUT2D eigenvalue weighted by Crippen LogP contribution is -2.36. The molecule has 1 aromatic heterocycles. The first-order chi connectivity index (χ1) is 9.49. The molecule has 2 aromatic rings. The van der Waals surface area contributed by atoms with Crippen LogP contribution >= 0.6 is 11.3 Å². The highest BCUT2D eigenvalue weighted by molar-refractivity contribution is 7.09. The lowest BCUT2D eigenvalue weighted by molar-refractivity contribution is 0.0743. The molecule has 0 fully saturated rings. The van der Waals surface area contributed by atoms with Crippen molar-refractivity contribution in [3.63, 3.8) is 0 Å². The molecule has 0 radical (unpaired) electrons. The molecule has 1 heterocycles. The number of carbonyl (C=O) groups is 1. The molecule has 0 bridgehead atoms. The van der Waals surface area contributed by atoms with E-state index < -0.39 is 0 Å². The fourth-order valence-electron chi connectivity index (χ4n) is 2.00. The zero-order valence-corrected chi connectivity index (χ0v) is 12.8. The molecule has 2 rings (SSSR count). The Kier molecular flexibility index (Phi) is 4.45. The van der Waals surface area contributed by atoms with Crippen molar-refractivity contribution >= 4 is 17.2 Å². The maximum atomic E-state index is 12.4. The first-order valence-electron chi connectivity index (χ1n) is 6.58. The Bertz CT molecular complexity index is 593. The first kappa shape index (κ1) is 14.6. The maximum absolute atomic E-state index is 12.4. The van der Waals surface area contributed by atoms with Crippen LogP contribution in [-0.4, -0.2) is 29.0 Å². The van der Waals surface area contributed by atoms with Gasteiger partial charge in [-0.2, -0.15) is 0 Å². The van der Waals surface area contributed by atoms with Gasteiger partial charge in [-0.3, -0.25) is 4.79 Å². The Hall–Kier alpha value is -1.81. The van der Waals surface area contributed by atoms with Crippen LogP contribution in [0.15, 0.2) is 35.7 Å². The van der Waals surface area contributed by atoms with Gasteiger partial charge in [0.1, 0.15) is 5.75 Å². The van der Waals surface area contributed by atoms with Gasteiger partial charge in [-0.1, -0.05) is 12.1 Å². The van der Waals surface area contributed by atoms with Crippen LogP contribution in [0.2, 0.25) is 0 Å². The molecule has 1 unspecified atom stereocenters. The summed E-state index contributed by atoms with van der Waals surface area (Å²) in [7, 11) is 1.80. The summed E-state index contributed by atoms with van der Waals surface area (Å²) >= 11 is 1.70. The molecule has 3 nitrogen and oxygen atoms in total. The van der Waals surface area contributed by atoms with Crippen LogP contribution in [0.4, 0.5) is 0 Å². The highest BCUT2D eigenvalue weighted by atomic mass is 32.1. The Morgan fingerprint density at radius 1 is 1.40 bits per heavy atom. The van der Waals surface area contributed by atoms with Crippen molar-refractivity contribution in [2.24, 2.45) is 0 Å². The standard InChI is InChI=1S/C16H19NO2S/c1-11-6-7-13(10-15(11)18)16(19)17(3)12(2)9-14-5-4-8-20-14/h4-8,10,12,18H,9H2,1-3H3. The molecular weight excluding hydrogens is 270 g/mol. The minimum absolute atomic E-state index is 0.0654. The number of phenols is 1. The number of nitrogens with zero attached hydrogens (tertiary/aromatic N) is 1. The summed E-state index contributed by atoms with van der Waals surface area (Å²) in [6.07, 6.45) is 0.845. The second-order valence-corrected chi connectivity index (χ2v) is 6.08. The molecule has 1 aromatic carbocycles. The summed E-state index contributed by atoms with van der Waals surface area (Å²) in [5, 5.41) is 11.8. The molecule has 1 atom stereocenters. The number of hydrogen-bond donors (Lipinski definition) is 1. The van der Waals surface area contributed by atoms with Crippen molar-refractivity contribution in [1.82, 2.24) is 4.90 Å². The Labute approximate surface area is 123 Å². The average molecular weight is 289 g/mol. The van der Waals surface area contributed by atoms with Gasteiger partial charge in [0.05, 0.1) is 0 Å². The van der Waals surface area contributed by atoms with Crippen molar-refractivity contribution in [1.29, 1.82) is 0 Å². The molecule has 0 saturated heterocycles. The van der Waals surface area contributed by atoms with E-state index in [0.29, 0.717) is 5.56 Å². The molecule has 1 N–H and O–H groups in total. The quantitative estimate of drug-likeness (QED) is 0.936. The minimum Gasteiger partial charge on any atom is -0.508 e. The van der Waals surface area contributed by atoms with Crippen LogP contribution in [0.25, 0.3) is 0 Å². The van der Waals surface area contributed by atoms with E-state index >= 15 is 0 Å². The molecule has 0 aliphatic rings. The highest BCUT2D eigenvalue weighted by Crippen LogP contribution is 2.20. The number of aryl methyl sites for hydroxylation is 1. The second-order valence-electron chi connectivity index (χ2n) is 5.05.